The van der Waals surface area contributed by atoms with Gasteiger partial charge in [0.2, 0.25) is 15.9 Å². The Balaban J connectivity index is 1.17. The van der Waals surface area contributed by atoms with Crippen molar-refractivity contribution in [3.8, 4) is 22.2 Å². The largest absolute Gasteiger partial charge is 0.497 e. The normalized spacial score (nSPS) is 26.0. The number of fused-ring (bicyclic) bond motifs is 3. The van der Waals surface area contributed by atoms with Gasteiger partial charge in [0, 0.05) is 35.9 Å². The van der Waals surface area contributed by atoms with E-state index in [1.165, 1.54) is 16.2 Å². The first-order chi connectivity index (χ1) is 24.5. The molecule has 0 unspecified atom stereocenters. The van der Waals surface area contributed by atoms with Gasteiger partial charge in [-0.25, -0.2) is 23.2 Å². The molecule has 51 heavy (non-hydrogen) atoms. The molecule has 0 bridgehead atoms. The SMILES string of the molecule is COc1ccc2c(O[C@@H]3C[C@H]4C(=O)N[C@]5(C(=O)NS(=O)(=O)C6CC6)C[C@H]5CCCCCCCNC(=O)N4C3)cc(-c3nc(C(C)C)cs3)nc2c1. The third-order valence-corrected chi connectivity index (χ3v) is 13.2. The van der Waals surface area contributed by atoms with E-state index in [9.17, 15) is 22.8 Å². The number of urea groups is 1. The number of thiazole rings is 1. The third-order valence-electron chi connectivity index (χ3n) is 10.5. The van der Waals surface area contributed by atoms with E-state index in [1.807, 2.05) is 29.6 Å². The van der Waals surface area contributed by atoms with Crippen LogP contribution in [0.25, 0.3) is 21.6 Å². The lowest BCUT2D eigenvalue weighted by molar-refractivity contribution is -0.131. The number of aromatic nitrogens is 2. The van der Waals surface area contributed by atoms with Gasteiger partial charge in [0.05, 0.1) is 30.1 Å². The van der Waals surface area contributed by atoms with Crippen molar-refractivity contribution in [3.63, 3.8) is 0 Å². The van der Waals surface area contributed by atoms with Crippen LogP contribution < -0.4 is 24.8 Å². The summed E-state index contributed by atoms with van der Waals surface area (Å²) in [5.74, 6) is 0.0655. The zero-order valence-electron chi connectivity index (χ0n) is 29.3. The Labute approximate surface area is 302 Å². The number of nitrogens with zero attached hydrogens (tertiary/aromatic N) is 3. The molecule has 2 aliphatic carbocycles. The van der Waals surface area contributed by atoms with Crippen molar-refractivity contribution in [2.45, 2.75) is 107 Å². The van der Waals surface area contributed by atoms with Crippen molar-refractivity contribution in [2.24, 2.45) is 5.92 Å². The van der Waals surface area contributed by atoms with E-state index in [2.05, 4.69) is 29.2 Å². The minimum absolute atomic E-state index is 0.132. The predicted molar refractivity (Wildman–Crippen MR) is 193 cm³/mol. The van der Waals surface area contributed by atoms with Crippen LogP contribution in [0, 0.1) is 5.92 Å². The molecule has 2 saturated carbocycles. The van der Waals surface area contributed by atoms with Gasteiger partial charge >= 0.3 is 6.03 Å². The first-order valence-electron chi connectivity index (χ1n) is 18.0. The van der Waals surface area contributed by atoms with Gasteiger partial charge in [-0.1, -0.05) is 39.5 Å². The van der Waals surface area contributed by atoms with Gasteiger partial charge in [-0.2, -0.15) is 0 Å². The van der Waals surface area contributed by atoms with Crippen LogP contribution in [0.3, 0.4) is 0 Å². The minimum Gasteiger partial charge on any atom is -0.497 e. The zero-order chi connectivity index (χ0) is 35.9. The lowest BCUT2D eigenvalue weighted by Gasteiger charge is -2.26. The summed E-state index contributed by atoms with van der Waals surface area (Å²) < 4.78 is 39.9. The summed E-state index contributed by atoms with van der Waals surface area (Å²) in [6.07, 6.45) is 6.28. The van der Waals surface area contributed by atoms with E-state index < -0.39 is 44.8 Å². The molecule has 4 fully saturated rings. The molecule has 4 atom stereocenters. The quantitative estimate of drug-likeness (QED) is 0.292. The van der Waals surface area contributed by atoms with Crippen molar-refractivity contribution in [2.75, 3.05) is 20.2 Å². The molecular formula is C36H46N6O7S2. The molecule has 2 aliphatic heterocycles. The standard InChI is InChI=1S/C36H46N6O7S2/c1-21(2)29-20-50-33(39-29)28-17-31(26-13-10-23(48-3)15-27(26)38-28)49-24-16-30-32(43)40-36(34(44)41-51(46,47)25-11-12-25)18-22(36)9-7-5-4-6-8-14-37-35(45)42(30)19-24/h10,13,15,17,20-22,24-25,30H,4-9,11-12,14,16,18-19H2,1-3H3,(H,37,45)(H,40,43)(H,41,44)/t22-,24-,30+,36-/m1/s1. The Hall–Kier alpha value is -3.98. The monoisotopic (exact) mass is 738 g/mol. The van der Waals surface area contributed by atoms with Crippen LogP contribution >= 0.6 is 11.3 Å². The highest BCUT2D eigenvalue weighted by Crippen LogP contribution is 2.48. The van der Waals surface area contributed by atoms with Gasteiger partial charge in [0.15, 0.2) is 0 Å². The number of nitrogens with one attached hydrogen (secondary N) is 3. The molecule has 13 nitrogen and oxygen atoms in total. The number of amides is 4. The molecule has 4 aliphatic rings. The zero-order valence-corrected chi connectivity index (χ0v) is 30.9. The van der Waals surface area contributed by atoms with Crippen molar-refractivity contribution in [1.29, 1.82) is 0 Å². The maximum atomic E-state index is 14.2. The number of hydrogen-bond acceptors (Lipinski definition) is 10. The summed E-state index contributed by atoms with van der Waals surface area (Å²) in [5.41, 5.74) is 0.926. The van der Waals surface area contributed by atoms with Gasteiger partial charge in [-0.3, -0.25) is 14.3 Å². The lowest BCUT2D eigenvalue weighted by Crippen LogP contribution is -2.57. The average molecular weight is 739 g/mol. The van der Waals surface area contributed by atoms with Crippen LogP contribution in [0.5, 0.6) is 11.5 Å². The summed E-state index contributed by atoms with van der Waals surface area (Å²) in [6, 6.07) is 6.07. The highest BCUT2D eigenvalue weighted by Gasteiger charge is 2.62. The van der Waals surface area contributed by atoms with Crippen molar-refractivity contribution in [3.05, 3.63) is 35.3 Å². The Morgan fingerprint density at radius 3 is 2.61 bits per heavy atom. The molecule has 1 aromatic carbocycles. The smallest absolute Gasteiger partial charge is 0.318 e. The topological polar surface area (TPSA) is 169 Å². The molecule has 2 aromatic heterocycles. The van der Waals surface area contributed by atoms with E-state index in [0.717, 1.165) is 48.2 Å². The first kappa shape index (κ1) is 35.4. The number of benzene rings is 1. The van der Waals surface area contributed by atoms with E-state index in [0.29, 0.717) is 54.9 Å². The van der Waals surface area contributed by atoms with Gasteiger partial charge < -0.3 is 25.0 Å². The lowest BCUT2D eigenvalue weighted by atomic mass is 10.0. The molecule has 7 rings (SSSR count). The molecule has 3 aromatic rings. The van der Waals surface area contributed by atoms with Gasteiger partial charge in [0.1, 0.15) is 39.9 Å². The highest BCUT2D eigenvalue weighted by molar-refractivity contribution is 7.91. The maximum absolute atomic E-state index is 14.2. The van der Waals surface area contributed by atoms with Crippen LogP contribution in [0.2, 0.25) is 0 Å². The summed E-state index contributed by atoms with van der Waals surface area (Å²) >= 11 is 1.50. The van der Waals surface area contributed by atoms with Gasteiger partial charge in [-0.15, -0.1) is 11.3 Å². The number of rotatable bonds is 8. The molecule has 274 valence electrons. The number of pyridine rings is 1. The van der Waals surface area contributed by atoms with Crippen molar-refractivity contribution < 1.29 is 32.3 Å². The fourth-order valence-corrected chi connectivity index (χ4v) is 9.51. The van der Waals surface area contributed by atoms with Crippen molar-refractivity contribution >= 4 is 50.1 Å². The highest BCUT2D eigenvalue weighted by atomic mass is 32.2. The van der Waals surface area contributed by atoms with Crippen LogP contribution in [0.4, 0.5) is 4.79 Å². The number of carbonyl (C=O) groups excluding carboxylic acids is 3. The van der Waals surface area contributed by atoms with Crippen LogP contribution in [0.15, 0.2) is 29.6 Å². The van der Waals surface area contributed by atoms with Gasteiger partial charge in [-0.05, 0) is 56.1 Å². The van der Waals surface area contributed by atoms with Crippen LogP contribution in [0.1, 0.15) is 89.7 Å². The second kappa shape index (κ2) is 14.2. The summed E-state index contributed by atoms with van der Waals surface area (Å²) in [6.45, 7) is 4.79. The van der Waals surface area contributed by atoms with E-state index in [-0.39, 0.29) is 30.8 Å². The number of carbonyl (C=O) groups is 3. The summed E-state index contributed by atoms with van der Waals surface area (Å²) in [4.78, 5) is 52.6. The van der Waals surface area contributed by atoms with Crippen LogP contribution in [-0.2, 0) is 19.6 Å². The number of sulfonamides is 1. The molecule has 2 saturated heterocycles. The Morgan fingerprint density at radius 2 is 1.86 bits per heavy atom. The average Bonchev–Trinajstić information content (AvgIpc) is 3.97. The number of hydrogen-bond donors (Lipinski definition) is 3. The molecule has 4 heterocycles. The minimum atomic E-state index is -3.81. The second-order valence-electron chi connectivity index (χ2n) is 14.6. The molecule has 15 heteroatoms. The fourth-order valence-electron chi connectivity index (χ4n) is 7.21. The van der Waals surface area contributed by atoms with Gasteiger partial charge in [0.25, 0.3) is 5.91 Å². The summed E-state index contributed by atoms with van der Waals surface area (Å²) in [7, 11) is -2.22. The fraction of sp³-hybridized carbons (Fsp3) is 0.583. The number of methoxy groups -OCH3 is 1. The predicted octanol–water partition coefficient (Wildman–Crippen LogP) is 4.86. The maximum Gasteiger partial charge on any atom is 0.318 e. The second-order valence-corrected chi connectivity index (χ2v) is 17.4. The first-order valence-corrected chi connectivity index (χ1v) is 20.4. The van der Waals surface area contributed by atoms with E-state index in [1.54, 1.807) is 7.11 Å². The van der Waals surface area contributed by atoms with E-state index in [4.69, 9.17) is 19.4 Å². The van der Waals surface area contributed by atoms with E-state index >= 15 is 0 Å². The Morgan fingerprint density at radius 1 is 1.08 bits per heavy atom. The molecule has 0 radical (unpaired) electrons. The molecular weight excluding hydrogens is 693 g/mol. The molecule has 0 spiro atoms. The Bertz CT molecular complexity index is 1930. The molecule has 4 amide bonds. The Kier molecular flexibility index (Phi) is 9.87. The summed E-state index contributed by atoms with van der Waals surface area (Å²) in [5, 5.41) is 8.88. The third kappa shape index (κ3) is 7.50. The number of ether oxygens (including phenoxy) is 2. The molecule has 3 N–H and O–H groups in total. The van der Waals surface area contributed by atoms with Crippen molar-refractivity contribution in [1.82, 2.24) is 30.2 Å². The van der Waals surface area contributed by atoms with Crippen LogP contribution in [-0.4, -0.2) is 84.3 Å².